The predicted octanol–water partition coefficient (Wildman–Crippen LogP) is 4.20. The van der Waals surface area contributed by atoms with E-state index in [4.69, 9.17) is 0 Å². The summed E-state index contributed by atoms with van der Waals surface area (Å²) in [5.74, 6) is -3.56. The normalized spacial score (nSPS) is 10.3. The second kappa shape index (κ2) is 9.13. The summed E-state index contributed by atoms with van der Waals surface area (Å²) in [6.07, 6.45) is 0. The molecule has 3 aromatic rings. The molecule has 0 heterocycles. The molecule has 0 aliphatic rings. The zero-order chi connectivity index (χ0) is 23.4. The molecule has 0 aliphatic heterocycles. The van der Waals surface area contributed by atoms with Crippen molar-refractivity contribution in [2.75, 3.05) is 10.6 Å². The maximum Gasteiger partial charge on any atom is 0.336 e. The number of benzene rings is 3. The van der Waals surface area contributed by atoms with Crippen molar-refractivity contribution >= 4 is 35.1 Å². The maximum absolute atomic E-state index is 12.6. The minimum atomic E-state index is -1.20. The highest BCUT2D eigenvalue weighted by Gasteiger charge is 2.18. The van der Waals surface area contributed by atoms with Crippen molar-refractivity contribution < 1.29 is 29.4 Å². The van der Waals surface area contributed by atoms with E-state index in [1.807, 2.05) is 0 Å². The Morgan fingerprint density at radius 1 is 0.562 bits per heavy atom. The van der Waals surface area contributed by atoms with Crippen LogP contribution < -0.4 is 10.6 Å². The van der Waals surface area contributed by atoms with Gasteiger partial charge in [-0.15, -0.1) is 0 Å². The molecule has 4 N–H and O–H groups in total. The lowest BCUT2D eigenvalue weighted by atomic mass is 10.0. The number of nitrogens with one attached hydrogen (secondary N) is 2. The Morgan fingerprint density at radius 3 is 1.22 bits per heavy atom. The van der Waals surface area contributed by atoms with Gasteiger partial charge < -0.3 is 20.8 Å². The van der Waals surface area contributed by atoms with Gasteiger partial charge in [0, 0.05) is 11.4 Å². The van der Waals surface area contributed by atoms with Gasteiger partial charge in [0.05, 0.1) is 22.3 Å². The number of aryl methyl sites for hydroxylation is 2. The molecular formula is C24H20N2O6. The minimum Gasteiger partial charge on any atom is -0.478 e. The molecule has 0 spiro atoms. The Kier molecular flexibility index (Phi) is 6.34. The first kappa shape index (κ1) is 22.2. The molecule has 2 amide bonds. The van der Waals surface area contributed by atoms with Crippen molar-refractivity contribution in [3.05, 3.63) is 94.0 Å². The van der Waals surface area contributed by atoms with Crippen molar-refractivity contribution in [2.24, 2.45) is 0 Å². The van der Waals surface area contributed by atoms with E-state index in [-0.39, 0.29) is 22.3 Å². The van der Waals surface area contributed by atoms with Crippen LogP contribution in [0.1, 0.15) is 52.6 Å². The summed E-state index contributed by atoms with van der Waals surface area (Å²) in [6, 6.07) is 15.1. The fraction of sp³-hybridized carbons (Fsp3) is 0.0833. The molecule has 162 valence electrons. The predicted molar refractivity (Wildman–Crippen MR) is 119 cm³/mol. The highest BCUT2D eigenvalue weighted by atomic mass is 16.4. The molecule has 0 saturated heterocycles. The van der Waals surface area contributed by atoms with Gasteiger partial charge >= 0.3 is 11.9 Å². The summed E-state index contributed by atoms with van der Waals surface area (Å²) < 4.78 is 0. The van der Waals surface area contributed by atoms with Crippen molar-refractivity contribution in [3.63, 3.8) is 0 Å². The quantitative estimate of drug-likeness (QED) is 0.461. The van der Waals surface area contributed by atoms with E-state index in [1.54, 1.807) is 26.0 Å². The van der Waals surface area contributed by atoms with E-state index in [1.165, 1.54) is 48.5 Å². The average molecular weight is 432 g/mol. The molecule has 0 bridgehead atoms. The summed E-state index contributed by atoms with van der Waals surface area (Å²) in [4.78, 5) is 47.9. The van der Waals surface area contributed by atoms with Gasteiger partial charge in [0.15, 0.2) is 0 Å². The lowest BCUT2D eigenvalue weighted by molar-refractivity contribution is 0.0683. The first-order valence-electron chi connectivity index (χ1n) is 9.56. The molecule has 3 rings (SSSR count). The van der Waals surface area contributed by atoms with Gasteiger partial charge in [0.25, 0.3) is 11.8 Å². The molecule has 0 unspecified atom stereocenters. The van der Waals surface area contributed by atoms with Crippen LogP contribution in [-0.4, -0.2) is 34.0 Å². The molecule has 8 heteroatoms. The van der Waals surface area contributed by atoms with Crippen molar-refractivity contribution in [1.29, 1.82) is 0 Å². The number of hydrogen-bond acceptors (Lipinski definition) is 4. The Bertz CT molecular complexity index is 1140. The number of carboxylic acid groups (broad SMARTS) is 2. The van der Waals surface area contributed by atoms with E-state index in [0.29, 0.717) is 11.4 Å². The highest BCUT2D eigenvalue weighted by Crippen LogP contribution is 2.19. The van der Waals surface area contributed by atoms with E-state index < -0.39 is 23.8 Å². The van der Waals surface area contributed by atoms with Crippen molar-refractivity contribution in [3.8, 4) is 0 Å². The van der Waals surface area contributed by atoms with Gasteiger partial charge in [0.2, 0.25) is 0 Å². The molecule has 0 fully saturated rings. The van der Waals surface area contributed by atoms with Crippen LogP contribution >= 0.6 is 0 Å². The van der Waals surface area contributed by atoms with Crippen LogP contribution in [0.15, 0.2) is 60.7 Å². The second-order valence-corrected chi connectivity index (χ2v) is 7.19. The molecule has 0 saturated carbocycles. The maximum atomic E-state index is 12.6. The summed E-state index contributed by atoms with van der Waals surface area (Å²) in [7, 11) is 0. The highest BCUT2D eigenvalue weighted by molar-refractivity contribution is 6.12. The third-order valence-corrected chi connectivity index (χ3v) is 4.70. The lowest BCUT2D eigenvalue weighted by Gasteiger charge is -2.11. The summed E-state index contributed by atoms with van der Waals surface area (Å²) in [6.45, 7) is 3.51. The fourth-order valence-electron chi connectivity index (χ4n) is 3.10. The summed E-state index contributed by atoms with van der Waals surface area (Å²) in [5.41, 5.74) is 2.14. The van der Waals surface area contributed by atoms with Crippen LogP contribution in [0.5, 0.6) is 0 Å². The van der Waals surface area contributed by atoms with Gasteiger partial charge in [-0.05, 0) is 62.4 Å². The Labute approximate surface area is 183 Å². The van der Waals surface area contributed by atoms with Crippen LogP contribution in [0, 0.1) is 13.8 Å². The number of carbonyl (C=O) groups excluding carboxylic acids is 2. The van der Waals surface area contributed by atoms with Gasteiger partial charge in [0.1, 0.15) is 0 Å². The van der Waals surface area contributed by atoms with Gasteiger partial charge in [-0.2, -0.15) is 0 Å². The van der Waals surface area contributed by atoms with Crippen LogP contribution in [0.2, 0.25) is 0 Å². The number of amides is 2. The van der Waals surface area contributed by atoms with Gasteiger partial charge in [-0.3, -0.25) is 9.59 Å². The molecule has 0 aliphatic carbocycles. The Hall–Kier alpha value is -4.46. The van der Waals surface area contributed by atoms with E-state index >= 15 is 0 Å². The zero-order valence-electron chi connectivity index (χ0n) is 17.3. The monoisotopic (exact) mass is 432 g/mol. The van der Waals surface area contributed by atoms with Crippen LogP contribution in [-0.2, 0) is 0 Å². The van der Waals surface area contributed by atoms with Crippen molar-refractivity contribution in [2.45, 2.75) is 13.8 Å². The Balaban J connectivity index is 1.75. The number of hydrogen-bond donors (Lipinski definition) is 4. The first-order valence-corrected chi connectivity index (χ1v) is 9.56. The molecule has 0 radical (unpaired) electrons. The topological polar surface area (TPSA) is 133 Å². The van der Waals surface area contributed by atoms with E-state index in [9.17, 15) is 29.4 Å². The molecule has 0 aromatic heterocycles. The van der Waals surface area contributed by atoms with E-state index in [2.05, 4.69) is 10.6 Å². The van der Waals surface area contributed by atoms with Gasteiger partial charge in [-0.1, -0.05) is 23.3 Å². The number of carbonyl (C=O) groups is 4. The van der Waals surface area contributed by atoms with Gasteiger partial charge in [-0.25, -0.2) is 9.59 Å². The lowest BCUT2D eigenvalue weighted by Crippen LogP contribution is -2.17. The smallest absolute Gasteiger partial charge is 0.336 e. The zero-order valence-corrected chi connectivity index (χ0v) is 17.3. The standard InChI is InChI=1S/C24H20N2O6/c1-13-3-9-17(23(29)30)19(11-13)21(27)25-15-5-7-16(8-6-15)26-22(28)20-12-14(2)4-10-18(20)24(31)32/h3-12H,1-2H3,(H,25,27)(H,26,28)(H,29,30)(H,31,32). The fourth-order valence-corrected chi connectivity index (χ4v) is 3.10. The second-order valence-electron chi connectivity index (χ2n) is 7.19. The largest absolute Gasteiger partial charge is 0.478 e. The molecule has 8 nitrogen and oxygen atoms in total. The minimum absolute atomic E-state index is 0.0375. The van der Waals surface area contributed by atoms with Crippen LogP contribution in [0.3, 0.4) is 0 Å². The Morgan fingerprint density at radius 2 is 0.906 bits per heavy atom. The molecular weight excluding hydrogens is 412 g/mol. The third kappa shape index (κ3) is 4.99. The molecule has 0 atom stereocenters. The van der Waals surface area contributed by atoms with E-state index in [0.717, 1.165) is 11.1 Å². The van der Waals surface area contributed by atoms with Crippen LogP contribution in [0.4, 0.5) is 11.4 Å². The summed E-state index contributed by atoms with van der Waals surface area (Å²) in [5, 5.41) is 23.9. The number of carboxylic acids is 2. The SMILES string of the molecule is Cc1ccc(C(=O)O)c(C(=O)Nc2ccc(NC(=O)c3cc(C)ccc3C(=O)O)cc2)c1. The number of rotatable bonds is 6. The summed E-state index contributed by atoms with van der Waals surface area (Å²) >= 11 is 0. The van der Waals surface area contributed by atoms with Crippen LogP contribution in [0.25, 0.3) is 0 Å². The first-order chi connectivity index (χ1) is 15.2. The number of anilines is 2. The molecule has 32 heavy (non-hydrogen) atoms. The third-order valence-electron chi connectivity index (χ3n) is 4.70. The average Bonchev–Trinajstić information content (AvgIpc) is 2.74. The number of aromatic carboxylic acids is 2. The van der Waals surface area contributed by atoms with Crippen molar-refractivity contribution in [1.82, 2.24) is 0 Å². The molecule has 3 aromatic carbocycles.